The Balaban J connectivity index is 1.57. The third-order valence-electron chi connectivity index (χ3n) is 6.25. The van der Waals surface area contributed by atoms with E-state index in [1.54, 1.807) is 42.5 Å². The van der Waals surface area contributed by atoms with Crippen molar-refractivity contribution in [2.24, 2.45) is 5.14 Å². The average Bonchev–Trinajstić information content (AvgIpc) is 3.03. The summed E-state index contributed by atoms with van der Waals surface area (Å²) in [7, 11) is 0.0996. The summed E-state index contributed by atoms with van der Waals surface area (Å²) in [5.41, 5.74) is 2.09. The van der Waals surface area contributed by atoms with Crippen LogP contribution in [0, 0.1) is 0 Å². The second kappa shape index (κ2) is 14.2. The zero-order chi connectivity index (χ0) is 32.6. The van der Waals surface area contributed by atoms with E-state index >= 15 is 0 Å². The van der Waals surface area contributed by atoms with E-state index in [2.05, 4.69) is 37.8 Å². The molecule has 4 aromatic rings. The normalized spacial score (nSPS) is 10.8. The van der Waals surface area contributed by atoms with Gasteiger partial charge in [0.15, 0.2) is 11.5 Å². The maximum absolute atomic E-state index is 13.0. The first-order valence-corrected chi connectivity index (χ1v) is 14.7. The molecular weight excluding hydrogens is 602 g/mol. The van der Waals surface area contributed by atoms with Gasteiger partial charge in [-0.25, -0.2) is 18.5 Å². The fourth-order valence-corrected chi connectivity index (χ4v) is 5.04. The molecule has 1 heterocycles. The number of sulfonamides is 1. The lowest BCUT2D eigenvalue weighted by Crippen LogP contribution is -2.20. The lowest BCUT2D eigenvalue weighted by molar-refractivity contribution is -0.116. The average molecular weight is 634 g/mol. The topological polar surface area (TPSA) is 196 Å². The summed E-state index contributed by atoms with van der Waals surface area (Å²) in [4.78, 5) is 32.9. The molecular formula is C30H31N7O7S. The molecule has 2 amide bonds. The Labute approximate surface area is 259 Å². The van der Waals surface area contributed by atoms with Crippen LogP contribution in [0.5, 0.6) is 17.2 Å². The molecule has 0 unspecified atom stereocenters. The number of anilines is 5. The van der Waals surface area contributed by atoms with Crippen molar-refractivity contribution in [3.05, 3.63) is 90.6 Å². The van der Waals surface area contributed by atoms with Gasteiger partial charge >= 0.3 is 0 Å². The van der Waals surface area contributed by atoms with E-state index in [9.17, 15) is 18.0 Å². The predicted molar refractivity (Wildman–Crippen MR) is 169 cm³/mol. The van der Waals surface area contributed by atoms with Crippen LogP contribution in [0.25, 0.3) is 0 Å². The lowest BCUT2D eigenvalue weighted by atomic mass is 10.1. The van der Waals surface area contributed by atoms with E-state index in [4.69, 9.17) is 19.3 Å². The maximum Gasteiger partial charge on any atom is 0.255 e. The molecule has 3 aromatic carbocycles. The van der Waals surface area contributed by atoms with E-state index in [1.165, 1.54) is 51.8 Å². The maximum atomic E-state index is 13.0. The number of amides is 2. The minimum absolute atomic E-state index is 0.0681. The molecule has 0 aliphatic heterocycles. The Morgan fingerprint density at radius 1 is 0.933 bits per heavy atom. The van der Waals surface area contributed by atoms with E-state index in [-0.39, 0.29) is 39.9 Å². The second-order valence-corrected chi connectivity index (χ2v) is 10.7. The van der Waals surface area contributed by atoms with Gasteiger partial charge < -0.3 is 35.5 Å². The van der Waals surface area contributed by atoms with E-state index in [0.29, 0.717) is 35.0 Å². The largest absolute Gasteiger partial charge is 0.495 e. The van der Waals surface area contributed by atoms with Crippen LogP contribution in [0.1, 0.15) is 15.9 Å². The van der Waals surface area contributed by atoms with Gasteiger partial charge in [0.25, 0.3) is 5.91 Å². The highest BCUT2D eigenvalue weighted by atomic mass is 32.2. The number of nitrogens with zero attached hydrogens (tertiary/aromatic N) is 2. The van der Waals surface area contributed by atoms with Gasteiger partial charge in [0.05, 0.1) is 32.7 Å². The summed E-state index contributed by atoms with van der Waals surface area (Å²) in [6, 6.07) is 16.1. The molecule has 0 spiro atoms. The Hall–Kier alpha value is -5.67. The molecule has 0 radical (unpaired) electrons. The van der Waals surface area contributed by atoms with E-state index in [1.807, 2.05) is 0 Å². The number of rotatable bonds is 13. The highest BCUT2D eigenvalue weighted by Crippen LogP contribution is 2.40. The summed E-state index contributed by atoms with van der Waals surface area (Å²) >= 11 is 0. The van der Waals surface area contributed by atoms with Crippen molar-refractivity contribution in [1.29, 1.82) is 0 Å². The number of aromatic nitrogens is 2. The standard InChI is InChI=1S/C30H31N7O7S/c1-5-26(38)33-17-18-9-11-19(12-10-18)29(39)34-20-15-22(27(44-4)24(16-20)43-3)36-30-32-14-13-25(37-30)35-21-7-6-8-23(42-2)28(21)45(31,40)41/h5-16H,1,17H2,2-4H3,(H,33,38)(H,34,39)(H2,31,40,41)(H2,32,35,36,37). The van der Waals surface area contributed by atoms with Gasteiger partial charge in [0.1, 0.15) is 16.5 Å². The van der Waals surface area contributed by atoms with Crippen LogP contribution < -0.4 is 40.6 Å². The summed E-state index contributed by atoms with van der Waals surface area (Å²) < 4.78 is 40.8. The molecule has 1 aromatic heterocycles. The molecule has 0 bridgehead atoms. The molecule has 0 saturated carbocycles. The van der Waals surface area contributed by atoms with Gasteiger partial charge in [-0.2, -0.15) is 4.98 Å². The molecule has 0 aliphatic carbocycles. The predicted octanol–water partition coefficient (Wildman–Crippen LogP) is 3.69. The number of ether oxygens (including phenoxy) is 3. The third kappa shape index (κ3) is 8.04. The Morgan fingerprint density at radius 3 is 2.31 bits per heavy atom. The third-order valence-corrected chi connectivity index (χ3v) is 7.24. The molecule has 0 saturated heterocycles. The number of carbonyl (C=O) groups excluding carboxylic acids is 2. The van der Waals surface area contributed by atoms with Crippen molar-refractivity contribution in [3.8, 4) is 17.2 Å². The zero-order valence-electron chi connectivity index (χ0n) is 24.6. The molecule has 0 atom stereocenters. The number of primary sulfonamides is 1. The highest BCUT2D eigenvalue weighted by Gasteiger charge is 2.21. The molecule has 4 rings (SSSR count). The minimum atomic E-state index is -4.15. The van der Waals surface area contributed by atoms with Crippen LogP contribution in [0.4, 0.5) is 28.8 Å². The second-order valence-electron chi connectivity index (χ2n) is 9.23. The molecule has 6 N–H and O–H groups in total. The van der Waals surface area contributed by atoms with Gasteiger partial charge in [-0.15, -0.1) is 0 Å². The SMILES string of the molecule is C=CC(=O)NCc1ccc(C(=O)Nc2cc(Nc3nccc(Nc4cccc(OC)c4S(N)(=O)=O)n3)c(OC)c(OC)c2)cc1. The van der Waals surface area contributed by atoms with Crippen molar-refractivity contribution in [3.63, 3.8) is 0 Å². The van der Waals surface area contributed by atoms with Crippen LogP contribution in [0.15, 0.2) is 84.4 Å². The summed E-state index contributed by atoms with van der Waals surface area (Å²) in [5, 5.41) is 16.9. The van der Waals surface area contributed by atoms with Crippen LogP contribution in [0.3, 0.4) is 0 Å². The highest BCUT2D eigenvalue weighted by molar-refractivity contribution is 7.89. The van der Waals surface area contributed by atoms with Crippen molar-refractivity contribution in [2.75, 3.05) is 37.3 Å². The Morgan fingerprint density at radius 2 is 1.67 bits per heavy atom. The first-order chi connectivity index (χ1) is 21.6. The summed E-state index contributed by atoms with van der Waals surface area (Å²) in [5.74, 6) is 0.370. The first kappa shape index (κ1) is 32.2. The van der Waals surface area contributed by atoms with Crippen LogP contribution in [0.2, 0.25) is 0 Å². The number of methoxy groups -OCH3 is 3. The number of benzene rings is 3. The van der Waals surface area contributed by atoms with Crippen LogP contribution in [-0.4, -0.2) is 51.5 Å². The minimum Gasteiger partial charge on any atom is -0.495 e. The molecule has 14 nitrogen and oxygen atoms in total. The van der Waals surface area contributed by atoms with Crippen molar-refractivity contribution < 1.29 is 32.2 Å². The fraction of sp³-hybridized carbons (Fsp3) is 0.133. The number of carbonyl (C=O) groups is 2. The van der Waals surface area contributed by atoms with Crippen molar-refractivity contribution >= 4 is 50.7 Å². The summed E-state index contributed by atoms with van der Waals surface area (Å²) in [6.07, 6.45) is 2.64. The number of hydrogen-bond acceptors (Lipinski definition) is 11. The van der Waals surface area contributed by atoms with Gasteiger partial charge in [0.2, 0.25) is 21.9 Å². The smallest absolute Gasteiger partial charge is 0.255 e. The van der Waals surface area contributed by atoms with E-state index < -0.39 is 10.0 Å². The van der Waals surface area contributed by atoms with Gasteiger partial charge in [-0.3, -0.25) is 9.59 Å². The van der Waals surface area contributed by atoms with Gasteiger partial charge in [-0.05, 0) is 48.0 Å². The van der Waals surface area contributed by atoms with Gasteiger partial charge in [-0.1, -0.05) is 24.8 Å². The van der Waals surface area contributed by atoms with Gasteiger partial charge in [0, 0.05) is 30.1 Å². The van der Waals surface area contributed by atoms with Crippen molar-refractivity contribution in [2.45, 2.75) is 11.4 Å². The number of nitrogens with two attached hydrogens (primary N) is 1. The first-order valence-electron chi connectivity index (χ1n) is 13.2. The molecule has 45 heavy (non-hydrogen) atoms. The molecule has 15 heteroatoms. The Kier molecular flexibility index (Phi) is 10.2. The summed E-state index contributed by atoms with van der Waals surface area (Å²) in [6.45, 7) is 3.71. The molecule has 0 aliphatic rings. The van der Waals surface area contributed by atoms with E-state index in [0.717, 1.165) is 5.56 Å². The monoisotopic (exact) mass is 633 g/mol. The number of hydrogen-bond donors (Lipinski definition) is 5. The lowest BCUT2D eigenvalue weighted by Gasteiger charge is -2.17. The molecule has 0 fully saturated rings. The molecule has 234 valence electrons. The fourth-order valence-electron chi connectivity index (χ4n) is 4.18. The number of nitrogens with one attached hydrogen (secondary N) is 4. The quantitative estimate of drug-likeness (QED) is 0.135. The van der Waals surface area contributed by atoms with Crippen LogP contribution in [-0.2, 0) is 21.4 Å². The zero-order valence-corrected chi connectivity index (χ0v) is 25.4. The Bertz CT molecular complexity index is 1830. The van der Waals surface area contributed by atoms with Crippen molar-refractivity contribution in [1.82, 2.24) is 15.3 Å². The van der Waals surface area contributed by atoms with Crippen LogP contribution >= 0.6 is 0 Å².